The van der Waals surface area contributed by atoms with E-state index in [1.54, 1.807) is 0 Å². The molecule has 1 aliphatic heterocycles. The molecule has 0 atom stereocenters. The van der Waals surface area contributed by atoms with Crippen LogP contribution in [0.15, 0.2) is 6.07 Å². The maximum Gasteiger partial charge on any atom is 0.220 e. The van der Waals surface area contributed by atoms with Gasteiger partial charge in [0.2, 0.25) is 5.91 Å². The van der Waals surface area contributed by atoms with Gasteiger partial charge in [-0.2, -0.15) is 0 Å². The highest BCUT2D eigenvalue weighted by atomic mass is 16.1. The molecule has 1 amide bonds. The van der Waals surface area contributed by atoms with Gasteiger partial charge in [-0.15, -0.1) is 0 Å². The van der Waals surface area contributed by atoms with E-state index >= 15 is 0 Å². The third kappa shape index (κ3) is 5.68. The molecule has 0 bridgehead atoms. The van der Waals surface area contributed by atoms with Crippen LogP contribution < -0.4 is 10.2 Å². The quantitative estimate of drug-likeness (QED) is 0.854. The van der Waals surface area contributed by atoms with Gasteiger partial charge in [0.05, 0.1) is 6.54 Å². The summed E-state index contributed by atoms with van der Waals surface area (Å²) in [5, 5.41) is 3.01. The van der Waals surface area contributed by atoms with E-state index in [2.05, 4.69) is 26.3 Å². The molecule has 5 heteroatoms. The molecule has 2 heterocycles. The van der Waals surface area contributed by atoms with Crippen molar-refractivity contribution in [3.05, 3.63) is 17.6 Å². The Morgan fingerprint density at radius 1 is 1.12 bits per heavy atom. The van der Waals surface area contributed by atoms with Crippen molar-refractivity contribution in [3.63, 3.8) is 0 Å². The Labute approximate surface area is 151 Å². The Kier molecular flexibility index (Phi) is 6.65. The largest absolute Gasteiger partial charge is 0.357 e. The van der Waals surface area contributed by atoms with Crippen LogP contribution >= 0.6 is 0 Å². The van der Waals surface area contributed by atoms with E-state index in [4.69, 9.17) is 0 Å². The molecule has 0 aromatic carbocycles. The predicted octanol–water partition coefficient (Wildman–Crippen LogP) is 3.75. The van der Waals surface area contributed by atoms with Crippen molar-refractivity contribution < 1.29 is 4.79 Å². The topological polar surface area (TPSA) is 58.1 Å². The summed E-state index contributed by atoms with van der Waals surface area (Å²) in [4.78, 5) is 23.7. The van der Waals surface area contributed by atoms with Crippen LogP contribution in [0, 0.1) is 12.8 Å². The maximum absolute atomic E-state index is 12.2. The molecule has 5 nitrogen and oxygen atoms in total. The van der Waals surface area contributed by atoms with Gasteiger partial charge in [0.25, 0.3) is 0 Å². The zero-order valence-electron chi connectivity index (χ0n) is 15.6. The first kappa shape index (κ1) is 18.2. The maximum atomic E-state index is 12.2. The number of hydrogen-bond donors (Lipinski definition) is 1. The first-order chi connectivity index (χ1) is 12.2. The third-order valence-corrected chi connectivity index (χ3v) is 5.52. The van der Waals surface area contributed by atoms with Crippen LogP contribution in [0.4, 0.5) is 5.82 Å². The molecule has 1 aromatic heterocycles. The van der Waals surface area contributed by atoms with Crippen molar-refractivity contribution in [1.82, 2.24) is 15.3 Å². The van der Waals surface area contributed by atoms with Gasteiger partial charge in [-0.3, -0.25) is 4.79 Å². The first-order valence-electron chi connectivity index (χ1n) is 10.1. The monoisotopic (exact) mass is 344 g/mol. The second-order valence-electron chi connectivity index (χ2n) is 7.65. The summed E-state index contributed by atoms with van der Waals surface area (Å²) in [5.41, 5.74) is 0.974. The lowest BCUT2D eigenvalue weighted by Gasteiger charge is -2.28. The van der Waals surface area contributed by atoms with Gasteiger partial charge in [-0.25, -0.2) is 9.97 Å². The van der Waals surface area contributed by atoms with Gasteiger partial charge in [0.15, 0.2) is 0 Å². The molecule has 3 rings (SSSR count). The molecule has 0 spiro atoms. The number of nitrogens with zero attached hydrogens (tertiary/aromatic N) is 3. The number of rotatable bonds is 6. The molecule has 0 unspecified atom stereocenters. The fourth-order valence-electron chi connectivity index (χ4n) is 4.05. The summed E-state index contributed by atoms with van der Waals surface area (Å²) in [6.45, 7) is 4.59. The zero-order chi connectivity index (χ0) is 17.5. The minimum atomic E-state index is 0.134. The van der Waals surface area contributed by atoms with Crippen LogP contribution in [0.5, 0.6) is 0 Å². The summed E-state index contributed by atoms with van der Waals surface area (Å²) in [6, 6.07) is 2.06. The zero-order valence-corrected chi connectivity index (χ0v) is 15.6. The molecule has 2 aliphatic rings. The number of nitrogens with one attached hydrogen (secondary N) is 1. The predicted molar refractivity (Wildman–Crippen MR) is 100 cm³/mol. The number of anilines is 1. The third-order valence-electron chi connectivity index (χ3n) is 5.52. The minimum absolute atomic E-state index is 0.134. The van der Waals surface area contributed by atoms with Gasteiger partial charge in [-0.1, -0.05) is 32.1 Å². The number of carbonyl (C=O) groups excluding carboxylic acids is 1. The molecular weight excluding hydrogens is 312 g/mol. The average molecular weight is 345 g/mol. The van der Waals surface area contributed by atoms with Crippen molar-refractivity contribution in [2.24, 2.45) is 5.92 Å². The lowest BCUT2D eigenvalue weighted by atomic mass is 9.86. The lowest BCUT2D eigenvalue weighted by Crippen LogP contribution is -2.31. The normalized spacial score (nSPS) is 19.0. The second-order valence-corrected chi connectivity index (χ2v) is 7.65. The lowest BCUT2D eigenvalue weighted by molar-refractivity contribution is -0.121. The van der Waals surface area contributed by atoms with Gasteiger partial charge in [-0.05, 0) is 38.5 Å². The molecule has 1 saturated carbocycles. The van der Waals surface area contributed by atoms with Crippen molar-refractivity contribution in [1.29, 1.82) is 0 Å². The number of carbonyl (C=O) groups is 1. The minimum Gasteiger partial charge on any atom is -0.357 e. The summed E-state index contributed by atoms with van der Waals surface area (Å²) in [7, 11) is 0. The van der Waals surface area contributed by atoms with Crippen molar-refractivity contribution in [2.45, 2.75) is 77.7 Å². The molecule has 25 heavy (non-hydrogen) atoms. The van der Waals surface area contributed by atoms with Gasteiger partial charge in [0, 0.05) is 31.3 Å². The van der Waals surface area contributed by atoms with Gasteiger partial charge in [0.1, 0.15) is 11.6 Å². The molecule has 1 aromatic rings. The van der Waals surface area contributed by atoms with Crippen molar-refractivity contribution in [3.8, 4) is 0 Å². The van der Waals surface area contributed by atoms with Crippen molar-refractivity contribution in [2.75, 3.05) is 18.0 Å². The summed E-state index contributed by atoms with van der Waals surface area (Å²) >= 11 is 0. The van der Waals surface area contributed by atoms with E-state index < -0.39 is 0 Å². The SMILES string of the molecule is Cc1cc(N2CCCCC2)nc(CNC(=O)CCC2CCCCC2)n1. The molecular formula is C20H32N4O. The highest BCUT2D eigenvalue weighted by molar-refractivity contribution is 5.75. The van der Waals surface area contributed by atoms with Gasteiger partial charge >= 0.3 is 0 Å². The number of aromatic nitrogens is 2. The first-order valence-corrected chi connectivity index (χ1v) is 10.1. The Morgan fingerprint density at radius 3 is 2.60 bits per heavy atom. The summed E-state index contributed by atoms with van der Waals surface area (Å²) in [6.07, 6.45) is 12.1. The van der Waals surface area contributed by atoms with Crippen LogP contribution in [-0.2, 0) is 11.3 Å². The fraction of sp³-hybridized carbons (Fsp3) is 0.750. The fourth-order valence-corrected chi connectivity index (χ4v) is 4.05. The van der Waals surface area contributed by atoms with E-state index in [0.29, 0.717) is 13.0 Å². The molecule has 1 saturated heterocycles. The molecule has 2 fully saturated rings. The highest BCUT2D eigenvalue weighted by Gasteiger charge is 2.16. The smallest absolute Gasteiger partial charge is 0.220 e. The molecule has 0 radical (unpaired) electrons. The Bertz CT molecular complexity index is 563. The number of hydrogen-bond acceptors (Lipinski definition) is 4. The number of piperidine rings is 1. The number of amides is 1. The number of aryl methyl sites for hydroxylation is 1. The summed E-state index contributed by atoms with van der Waals surface area (Å²) < 4.78 is 0. The highest BCUT2D eigenvalue weighted by Crippen LogP contribution is 2.27. The Balaban J connectivity index is 1.48. The molecule has 1 N–H and O–H groups in total. The van der Waals surface area contributed by atoms with E-state index in [9.17, 15) is 4.79 Å². The average Bonchev–Trinajstić information content (AvgIpc) is 2.66. The molecule has 138 valence electrons. The van der Waals surface area contributed by atoms with E-state index in [-0.39, 0.29) is 5.91 Å². The van der Waals surface area contributed by atoms with Crippen LogP contribution in [0.2, 0.25) is 0 Å². The molecule has 1 aliphatic carbocycles. The summed E-state index contributed by atoms with van der Waals surface area (Å²) in [5.74, 6) is 2.63. The van der Waals surface area contributed by atoms with E-state index in [1.165, 1.54) is 51.4 Å². The van der Waals surface area contributed by atoms with Crippen LogP contribution in [0.3, 0.4) is 0 Å². The van der Waals surface area contributed by atoms with Crippen LogP contribution in [0.25, 0.3) is 0 Å². The van der Waals surface area contributed by atoms with E-state index in [0.717, 1.165) is 42.8 Å². The van der Waals surface area contributed by atoms with Crippen LogP contribution in [-0.4, -0.2) is 29.0 Å². The Hall–Kier alpha value is -1.65. The van der Waals surface area contributed by atoms with E-state index in [1.807, 2.05) is 6.92 Å². The standard InChI is InChI=1S/C20H32N4O/c1-16-14-19(24-12-6-3-7-13-24)23-18(22-16)15-21-20(25)11-10-17-8-4-2-5-9-17/h14,17H,2-13,15H2,1H3,(H,21,25). The Morgan fingerprint density at radius 2 is 1.84 bits per heavy atom. The second kappa shape index (κ2) is 9.16. The van der Waals surface area contributed by atoms with Crippen LogP contribution in [0.1, 0.15) is 75.7 Å². The van der Waals surface area contributed by atoms with Crippen molar-refractivity contribution >= 4 is 11.7 Å². The van der Waals surface area contributed by atoms with Gasteiger partial charge < -0.3 is 10.2 Å².